The van der Waals surface area contributed by atoms with Gasteiger partial charge in [-0.25, -0.2) is 14.4 Å². The second-order valence-electron chi connectivity index (χ2n) is 5.00. The van der Waals surface area contributed by atoms with Crippen LogP contribution in [-0.2, 0) is 0 Å². The molecular weight excluding hydrogens is 255 g/mol. The van der Waals surface area contributed by atoms with Crippen LogP contribution in [0.4, 0.5) is 16.0 Å². The minimum absolute atomic E-state index is 0.0718. The summed E-state index contributed by atoms with van der Waals surface area (Å²) in [6.45, 7) is 7.35. The van der Waals surface area contributed by atoms with E-state index in [9.17, 15) is 4.39 Å². The van der Waals surface area contributed by atoms with E-state index in [1.54, 1.807) is 26.0 Å². The van der Waals surface area contributed by atoms with Crippen molar-refractivity contribution < 1.29 is 4.39 Å². The molecule has 0 aliphatic rings. The van der Waals surface area contributed by atoms with Crippen molar-refractivity contribution in [1.82, 2.24) is 9.97 Å². The van der Waals surface area contributed by atoms with Gasteiger partial charge in [0.15, 0.2) is 0 Å². The lowest BCUT2D eigenvalue weighted by atomic mass is 10.1. The van der Waals surface area contributed by atoms with E-state index in [0.717, 1.165) is 11.1 Å². The molecule has 2 rings (SSSR count). The number of nitrogen functional groups attached to an aromatic ring is 1. The largest absolute Gasteiger partial charge is 0.383 e. The zero-order valence-corrected chi connectivity index (χ0v) is 12.2. The van der Waals surface area contributed by atoms with Gasteiger partial charge in [-0.3, -0.25) is 0 Å². The first-order valence-corrected chi connectivity index (χ1v) is 6.51. The third kappa shape index (κ3) is 2.87. The number of nitrogens with zero attached hydrogens (tertiary/aromatic N) is 2. The van der Waals surface area contributed by atoms with E-state index < -0.39 is 0 Å². The van der Waals surface area contributed by atoms with Crippen molar-refractivity contribution >= 4 is 11.6 Å². The van der Waals surface area contributed by atoms with Crippen LogP contribution in [0.2, 0.25) is 0 Å². The van der Waals surface area contributed by atoms with Gasteiger partial charge in [0.25, 0.3) is 0 Å². The third-order valence-electron chi connectivity index (χ3n) is 3.34. The Hall–Kier alpha value is -2.17. The lowest BCUT2D eigenvalue weighted by molar-refractivity contribution is 0.614. The van der Waals surface area contributed by atoms with Crippen LogP contribution in [-0.4, -0.2) is 9.97 Å². The Balaban J connectivity index is 2.27. The number of hydrogen-bond acceptors (Lipinski definition) is 4. The molecule has 3 N–H and O–H groups in total. The highest BCUT2D eigenvalue weighted by molar-refractivity contribution is 5.55. The summed E-state index contributed by atoms with van der Waals surface area (Å²) in [6, 6.07) is 5.15. The van der Waals surface area contributed by atoms with E-state index in [1.165, 1.54) is 0 Å². The van der Waals surface area contributed by atoms with E-state index >= 15 is 0 Å². The fourth-order valence-electron chi connectivity index (χ4n) is 1.96. The minimum atomic E-state index is -0.203. The summed E-state index contributed by atoms with van der Waals surface area (Å²) in [4.78, 5) is 8.45. The number of rotatable bonds is 3. The van der Waals surface area contributed by atoms with Crippen molar-refractivity contribution in [2.75, 3.05) is 11.1 Å². The molecule has 0 amide bonds. The molecular formula is C15H19FN4. The van der Waals surface area contributed by atoms with Gasteiger partial charge in [0.1, 0.15) is 23.3 Å². The number of hydrogen-bond donors (Lipinski definition) is 2. The van der Waals surface area contributed by atoms with E-state index in [4.69, 9.17) is 5.73 Å². The average molecular weight is 274 g/mol. The highest BCUT2D eigenvalue weighted by atomic mass is 19.1. The van der Waals surface area contributed by atoms with E-state index in [2.05, 4.69) is 15.3 Å². The maximum absolute atomic E-state index is 13.6. The van der Waals surface area contributed by atoms with Crippen LogP contribution >= 0.6 is 0 Å². The van der Waals surface area contributed by atoms with Crippen LogP contribution in [0.25, 0.3) is 0 Å². The van der Waals surface area contributed by atoms with Crippen LogP contribution in [0, 0.1) is 26.6 Å². The second-order valence-corrected chi connectivity index (χ2v) is 5.00. The van der Waals surface area contributed by atoms with Gasteiger partial charge in [0.2, 0.25) is 0 Å². The predicted octanol–water partition coefficient (Wildman–Crippen LogP) is 3.30. The molecule has 2 aromatic rings. The molecule has 1 atom stereocenters. The molecule has 0 bridgehead atoms. The summed E-state index contributed by atoms with van der Waals surface area (Å²) in [6.07, 6.45) is 0. The van der Waals surface area contributed by atoms with Crippen molar-refractivity contribution in [2.45, 2.75) is 33.7 Å². The molecule has 0 aliphatic heterocycles. The minimum Gasteiger partial charge on any atom is -0.383 e. The normalized spacial score (nSPS) is 12.2. The number of anilines is 2. The van der Waals surface area contributed by atoms with Crippen LogP contribution < -0.4 is 11.1 Å². The van der Waals surface area contributed by atoms with Gasteiger partial charge in [-0.05, 0) is 44.9 Å². The summed E-state index contributed by atoms with van der Waals surface area (Å²) in [5.41, 5.74) is 8.13. The fraction of sp³-hybridized carbons (Fsp3) is 0.333. The number of nitrogens with one attached hydrogen (secondary N) is 1. The Morgan fingerprint density at radius 2 is 1.90 bits per heavy atom. The van der Waals surface area contributed by atoms with Crippen molar-refractivity contribution in [1.29, 1.82) is 0 Å². The third-order valence-corrected chi connectivity index (χ3v) is 3.34. The summed E-state index contributed by atoms with van der Waals surface area (Å²) >= 11 is 0. The van der Waals surface area contributed by atoms with Crippen molar-refractivity contribution in [3.8, 4) is 0 Å². The summed E-state index contributed by atoms with van der Waals surface area (Å²) in [7, 11) is 0. The highest BCUT2D eigenvalue weighted by Crippen LogP contribution is 2.24. The first-order valence-electron chi connectivity index (χ1n) is 6.51. The van der Waals surface area contributed by atoms with E-state index in [-0.39, 0.29) is 11.9 Å². The fourth-order valence-corrected chi connectivity index (χ4v) is 1.96. The topological polar surface area (TPSA) is 63.8 Å². The molecule has 0 aliphatic carbocycles. The number of halogens is 1. The molecule has 0 fully saturated rings. The van der Waals surface area contributed by atoms with Crippen LogP contribution in [0.15, 0.2) is 18.2 Å². The molecule has 1 heterocycles. The summed E-state index contributed by atoms with van der Waals surface area (Å²) in [5.74, 6) is 1.55. The average Bonchev–Trinajstić information content (AvgIpc) is 2.38. The molecule has 1 unspecified atom stereocenters. The van der Waals surface area contributed by atoms with Gasteiger partial charge >= 0.3 is 0 Å². The Morgan fingerprint density at radius 1 is 1.20 bits per heavy atom. The lowest BCUT2D eigenvalue weighted by Gasteiger charge is -2.18. The SMILES string of the molecule is Cc1nc(N)c(C)c(NC(C)c2ccc(C)c(F)c2)n1. The Kier molecular flexibility index (Phi) is 3.88. The summed E-state index contributed by atoms with van der Waals surface area (Å²) < 4.78 is 13.6. The van der Waals surface area contributed by atoms with E-state index in [0.29, 0.717) is 23.0 Å². The highest BCUT2D eigenvalue weighted by Gasteiger charge is 2.12. The summed E-state index contributed by atoms with van der Waals surface area (Å²) in [5, 5.41) is 3.26. The molecule has 1 aromatic carbocycles. The first-order chi connectivity index (χ1) is 9.38. The second kappa shape index (κ2) is 5.45. The Bertz CT molecular complexity index is 640. The number of nitrogens with two attached hydrogens (primary N) is 1. The molecule has 4 nitrogen and oxygen atoms in total. The van der Waals surface area contributed by atoms with Gasteiger partial charge in [-0.2, -0.15) is 0 Å². The number of aromatic nitrogens is 2. The molecule has 0 saturated heterocycles. The Morgan fingerprint density at radius 3 is 2.55 bits per heavy atom. The molecule has 0 radical (unpaired) electrons. The van der Waals surface area contributed by atoms with Gasteiger partial charge in [0, 0.05) is 5.56 Å². The van der Waals surface area contributed by atoms with Crippen LogP contribution in [0.1, 0.15) is 35.5 Å². The van der Waals surface area contributed by atoms with E-state index in [1.807, 2.05) is 19.9 Å². The van der Waals surface area contributed by atoms with Crippen molar-refractivity contribution in [2.24, 2.45) is 0 Å². The zero-order chi connectivity index (χ0) is 14.9. The molecule has 5 heteroatoms. The molecule has 1 aromatic heterocycles. The first kappa shape index (κ1) is 14.2. The quantitative estimate of drug-likeness (QED) is 0.901. The number of benzene rings is 1. The zero-order valence-electron chi connectivity index (χ0n) is 12.2. The van der Waals surface area contributed by atoms with Crippen LogP contribution in [0.5, 0.6) is 0 Å². The molecule has 20 heavy (non-hydrogen) atoms. The Labute approximate surface area is 118 Å². The van der Waals surface area contributed by atoms with Crippen molar-refractivity contribution in [3.63, 3.8) is 0 Å². The maximum Gasteiger partial charge on any atom is 0.135 e. The lowest BCUT2D eigenvalue weighted by Crippen LogP contribution is -2.12. The number of aryl methyl sites for hydroxylation is 2. The van der Waals surface area contributed by atoms with Gasteiger partial charge < -0.3 is 11.1 Å². The smallest absolute Gasteiger partial charge is 0.135 e. The van der Waals surface area contributed by atoms with Gasteiger partial charge in [0.05, 0.1) is 6.04 Å². The molecule has 106 valence electrons. The molecule has 0 saturated carbocycles. The van der Waals surface area contributed by atoms with Gasteiger partial charge in [-0.1, -0.05) is 12.1 Å². The molecule has 0 spiro atoms. The van der Waals surface area contributed by atoms with Crippen LogP contribution in [0.3, 0.4) is 0 Å². The predicted molar refractivity (Wildman–Crippen MR) is 79.1 cm³/mol. The standard InChI is InChI=1S/C15H19FN4/c1-8-5-6-12(7-13(8)16)10(3)18-15-9(2)14(17)19-11(4)20-15/h5-7,10H,1-4H3,(H3,17,18,19,20). The monoisotopic (exact) mass is 274 g/mol. The maximum atomic E-state index is 13.6. The van der Waals surface area contributed by atoms with Crippen molar-refractivity contribution in [3.05, 3.63) is 46.5 Å². The van der Waals surface area contributed by atoms with Gasteiger partial charge in [-0.15, -0.1) is 0 Å².